The molecule has 1 heterocycles. The zero-order chi connectivity index (χ0) is 12.3. The van der Waals surface area contributed by atoms with Gasteiger partial charge in [-0.25, -0.2) is 4.39 Å². The van der Waals surface area contributed by atoms with Gasteiger partial charge in [0.25, 0.3) is 0 Å². The zero-order valence-electron chi connectivity index (χ0n) is 10.4. The molecule has 4 heteroatoms. The Balaban J connectivity index is 0.00000162. The molecule has 1 nitrogen and oxygen atoms in total. The molecule has 0 fully saturated rings. The summed E-state index contributed by atoms with van der Waals surface area (Å²) in [5.41, 5.74) is 0.950. The minimum atomic E-state index is -0.183. The van der Waals surface area contributed by atoms with Crippen LogP contribution in [-0.2, 0) is 6.54 Å². The van der Waals surface area contributed by atoms with E-state index in [-0.39, 0.29) is 18.2 Å². The molecular weight excluding hydrogens is 269 g/mol. The normalized spacial score (nSPS) is 10.4. The lowest BCUT2D eigenvalue weighted by Gasteiger charge is -2.05. The molecule has 0 bridgehead atoms. The van der Waals surface area contributed by atoms with Crippen molar-refractivity contribution >= 4 is 23.7 Å². The third-order valence-electron chi connectivity index (χ3n) is 2.46. The van der Waals surface area contributed by atoms with E-state index in [0.29, 0.717) is 6.04 Å². The number of rotatable bonds is 4. The van der Waals surface area contributed by atoms with Crippen LogP contribution in [0.15, 0.2) is 36.4 Å². The van der Waals surface area contributed by atoms with Crippen LogP contribution in [0, 0.1) is 5.82 Å². The van der Waals surface area contributed by atoms with Crippen molar-refractivity contribution in [3.63, 3.8) is 0 Å². The number of hydrogen-bond donors (Lipinski definition) is 1. The Hall–Kier alpha value is -0.900. The minimum absolute atomic E-state index is 0. The maximum absolute atomic E-state index is 13.1. The smallest absolute Gasteiger partial charge is 0.123 e. The maximum Gasteiger partial charge on any atom is 0.123 e. The molecule has 1 aromatic carbocycles. The van der Waals surface area contributed by atoms with E-state index in [1.54, 1.807) is 23.5 Å². The molecule has 0 atom stereocenters. The minimum Gasteiger partial charge on any atom is -0.310 e. The van der Waals surface area contributed by atoms with Gasteiger partial charge in [-0.1, -0.05) is 26.0 Å². The van der Waals surface area contributed by atoms with Crippen molar-refractivity contribution in [2.45, 2.75) is 26.4 Å². The summed E-state index contributed by atoms with van der Waals surface area (Å²) in [6, 6.07) is 11.4. The van der Waals surface area contributed by atoms with Crippen LogP contribution in [0.3, 0.4) is 0 Å². The fourth-order valence-electron chi connectivity index (χ4n) is 1.57. The molecule has 0 aliphatic rings. The molecule has 0 saturated heterocycles. The molecule has 0 spiro atoms. The van der Waals surface area contributed by atoms with E-state index in [4.69, 9.17) is 0 Å². The van der Waals surface area contributed by atoms with E-state index >= 15 is 0 Å². The molecule has 0 amide bonds. The average molecular weight is 286 g/mol. The predicted molar refractivity (Wildman–Crippen MR) is 78.9 cm³/mol. The van der Waals surface area contributed by atoms with Crippen LogP contribution < -0.4 is 5.32 Å². The highest BCUT2D eigenvalue weighted by atomic mass is 35.5. The Kier molecular flexibility index (Phi) is 5.79. The van der Waals surface area contributed by atoms with Crippen molar-refractivity contribution in [2.24, 2.45) is 0 Å². The van der Waals surface area contributed by atoms with E-state index in [1.165, 1.54) is 10.9 Å². The second-order valence-electron chi connectivity index (χ2n) is 4.31. The van der Waals surface area contributed by atoms with Crippen LogP contribution in [0.2, 0.25) is 0 Å². The summed E-state index contributed by atoms with van der Waals surface area (Å²) in [6.45, 7) is 5.12. The molecule has 0 aliphatic heterocycles. The summed E-state index contributed by atoms with van der Waals surface area (Å²) in [5, 5.41) is 3.37. The van der Waals surface area contributed by atoms with Crippen LogP contribution in [0.1, 0.15) is 18.7 Å². The third-order valence-corrected chi connectivity index (χ3v) is 3.59. The van der Waals surface area contributed by atoms with Gasteiger partial charge in [-0.05, 0) is 29.8 Å². The molecule has 98 valence electrons. The van der Waals surface area contributed by atoms with E-state index in [2.05, 4.69) is 31.3 Å². The van der Waals surface area contributed by atoms with Gasteiger partial charge in [-0.15, -0.1) is 23.7 Å². The van der Waals surface area contributed by atoms with Crippen molar-refractivity contribution < 1.29 is 4.39 Å². The summed E-state index contributed by atoms with van der Waals surface area (Å²) in [7, 11) is 0. The van der Waals surface area contributed by atoms with Gasteiger partial charge in [-0.3, -0.25) is 0 Å². The fourth-order valence-corrected chi connectivity index (χ4v) is 2.53. The highest BCUT2D eigenvalue weighted by molar-refractivity contribution is 7.15. The quantitative estimate of drug-likeness (QED) is 0.874. The molecule has 0 radical (unpaired) electrons. The molecule has 2 rings (SSSR count). The fraction of sp³-hybridized carbons (Fsp3) is 0.286. The van der Waals surface area contributed by atoms with Gasteiger partial charge in [0.1, 0.15) is 5.82 Å². The first-order chi connectivity index (χ1) is 8.15. The SMILES string of the molecule is CC(C)NCc1ccc(-c2cccc(F)c2)s1.Cl. The van der Waals surface area contributed by atoms with Gasteiger partial charge in [0.05, 0.1) is 0 Å². The summed E-state index contributed by atoms with van der Waals surface area (Å²) in [5.74, 6) is -0.183. The summed E-state index contributed by atoms with van der Waals surface area (Å²) >= 11 is 1.71. The van der Waals surface area contributed by atoms with Gasteiger partial charge in [-0.2, -0.15) is 0 Å². The van der Waals surface area contributed by atoms with Crippen molar-refractivity contribution in [2.75, 3.05) is 0 Å². The van der Waals surface area contributed by atoms with Crippen molar-refractivity contribution in [1.82, 2.24) is 5.32 Å². The molecule has 1 aromatic heterocycles. The van der Waals surface area contributed by atoms with Crippen molar-refractivity contribution in [1.29, 1.82) is 0 Å². The number of halogens is 2. The molecule has 2 aromatic rings. The molecule has 0 saturated carbocycles. The Labute approximate surface area is 117 Å². The largest absolute Gasteiger partial charge is 0.310 e. The van der Waals surface area contributed by atoms with E-state index in [9.17, 15) is 4.39 Å². The predicted octanol–water partition coefficient (Wildman–Crippen LogP) is 4.47. The first-order valence-corrected chi connectivity index (χ1v) is 6.55. The monoisotopic (exact) mass is 285 g/mol. The molecular formula is C14H17ClFNS. The van der Waals surface area contributed by atoms with Crippen molar-refractivity contribution in [3.8, 4) is 10.4 Å². The van der Waals surface area contributed by atoms with Gasteiger partial charge in [0.15, 0.2) is 0 Å². The maximum atomic E-state index is 13.1. The second-order valence-corrected chi connectivity index (χ2v) is 5.48. The summed E-state index contributed by atoms with van der Waals surface area (Å²) < 4.78 is 13.1. The topological polar surface area (TPSA) is 12.0 Å². The number of thiophene rings is 1. The Morgan fingerprint density at radius 3 is 2.67 bits per heavy atom. The third kappa shape index (κ3) is 4.09. The molecule has 18 heavy (non-hydrogen) atoms. The Morgan fingerprint density at radius 1 is 1.22 bits per heavy atom. The molecule has 0 aliphatic carbocycles. The van der Waals surface area contributed by atoms with Crippen LogP contribution in [0.25, 0.3) is 10.4 Å². The highest BCUT2D eigenvalue weighted by Gasteiger charge is 2.04. The zero-order valence-corrected chi connectivity index (χ0v) is 12.1. The number of nitrogens with one attached hydrogen (secondary N) is 1. The number of hydrogen-bond acceptors (Lipinski definition) is 2. The van der Waals surface area contributed by atoms with Gasteiger partial charge in [0.2, 0.25) is 0 Å². The van der Waals surface area contributed by atoms with Crippen LogP contribution in [-0.4, -0.2) is 6.04 Å². The van der Waals surface area contributed by atoms with Crippen LogP contribution in [0.4, 0.5) is 4.39 Å². The van der Waals surface area contributed by atoms with Gasteiger partial charge >= 0.3 is 0 Å². The second kappa shape index (κ2) is 6.88. The first kappa shape index (κ1) is 15.2. The van der Waals surface area contributed by atoms with E-state index in [1.807, 2.05) is 6.07 Å². The lowest BCUT2D eigenvalue weighted by atomic mass is 10.2. The van der Waals surface area contributed by atoms with Crippen LogP contribution in [0.5, 0.6) is 0 Å². The van der Waals surface area contributed by atoms with Crippen molar-refractivity contribution in [3.05, 3.63) is 47.1 Å². The lowest BCUT2D eigenvalue weighted by Crippen LogP contribution is -2.21. The lowest BCUT2D eigenvalue weighted by molar-refractivity contribution is 0.593. The Morgan fingerprint density at radius 2 is 2.00 bits per heavy atom. The average Bonchev–Trinajstić information content (AvgIpc) is 2.75. The Bertz CT molecular complexity index is 496. The van der Waals surface area contributed by atoms with Crippen LogP contribution >= 0.6 is 23.7 Å². The van der Waals surface area contributed by atoms with Gasteiger partial charge in [0, 0.05) is 22.3 Å². The highest BCUT2D eigenvalue weighted by Crippen LogP contribution is 2.28. The summed E-state index contributed by atoms with van der Waals surface area (Å²) in [4.78, 5) is 2.39. The van der Waals surface area contributed by atoms with E-state index in [0.717, 1.165) is 17.0 Å². The van der Waals surface area contributed by atoms with E-state index < -0.39 is 0 Å². The first-order valence-electron chi connectivity index (χ1n) is 5.73. The summed E-state index contributed by atoms with van der Waals surface area (Å²) in [6.07, 6.45) is 0. The molecule has 1 N–H and O–H groups in total. The standard InChI is InChI=1S/C14H16FNS.ClH/c1-10(2)16-9-13-6-7-14(17-13)11-4-3-5-12(15)8-11;/h3-8,10,16H,9H2,1-2H3;1H. The molecule has 0 unspecified atom stereocenters. The van der Waals surface area contributed by atoms with Gasteiger partial charge < -0.3 is 5.32 Å². The number of benzene rings is 1.